The molecule has 0 aromatic rings. The Bertz CT molecular complexity index is 125. The van der Waals surface area contributed by atoms with Crippen molar-refractivity contribution in [1.82, 2.24) is 0 Å². The fourth-order valence-electron chi connectivity index (χ4n) is 0.770. The lowest BCUT2D eigenvalue weighted by Gasteiger charge is -2.02. The molecule has 0 unspecified atom stereocenters. The Morgan fingerprint density at radius 2 is 1.79 bits per heavy atom. The summed E-state index contributed by atoms with van der Waals surface area (Å²) in [7, 11) is 0. The van der Waals surface area contributed by atoms with E-state index in [9.17, 15) is 0 Å². The SMILES string of the molecule is CCO/C=C\CCOCCOCCO. The van der Waals surface area contributed by atoms with E-state index in [0.29, 0.717) is 33.0 Å². The van der Waals surface area contributed by atoms with Crippen LogP contribution in [0.25, 0.3) is 0 Å². The number of aliphatic hydroxyl groups is 1. The van der Waals surface area contributed by atoms with Crippen LogP contribution in [0.15, 0.2) is 12.3 Å². The predicted octanol–water partition coefficient (Wildman–Crippen LogP) is 0.952. The number of aliphatic hydroxyl groups excluding tert-OH is 1. The fourth-order valence-corrected chi connectivity index (χ4v) is 0.770. The lowest BCUT2D eigenvalue weighted by atomic mass is 10.4. The first kappa shape index (κ1) is 13.4. The number of hydrogen-bond donors (Lipinski definition) is 1. The molecule has 0 amide bonds. The molecule has 14 heavy (non-hydrogen) atoms. The van der Waals surface area contributed by atoms with Gasteiger partial charge in [-0.05, 0) is 19.4 Å². The molecule has 0 saturated heterocycles. The molecule has 0 aliphatic carbocycles. The minimum Gasteiger partial charge on any atom is -0.502 e. The molecule has 4 heteroatoms. The standard InChI is InChI=1S/C10H20O4/c1-2-12-6-3-4-7-13-9-10-14-8-5-11/h3,6,11H,2,4-5,7-10H2,1H3/b6-3-. The molecule has 0 saturated carbocycles. The van der Waals surface area contributed by atoms with E-state index in [-0.39, 0.29) is 6.61 Å². The van der Waals surface area contributed by atoms with Crippen molar-refractivity contribution in [2.45, 2.75) is 13.3 Å². The summed E-state index contributed by atoms with van der Waals surface area (Å²) in [4.78, 5) is 0. The van der Waals surface area contributed by atoms with Crippen LogP contribution in [0.1, 0.15) is 13.3 Å². The van der Waals surface area contributed by atoms with Crippen molar-refractivity contribution in [2.75, 3.05) is 39.6 Å². The van der Waals surface area contributed by atoms with Gasteiger partial charge in [0.2, 0.25) is 0 Å². The highest BCUT2D eigenvalue weighted by Crippen LogP contribution is 1.87. The maximum atomic E-state index is 8.40. The van der Waals surface area contributed by atoms with Crippen molar-refractivity contribution in [1.29, 1.82) is 0 Å². The minimum absolute atomic E-state index is 0.0666. The van der Waals surface area contributed by atoms with Gasteiger partial charge >= 0.3 is 0 Å². The molecule has 1 N–H and O–H groups in total. The predicted molar refractivity (Wildman–Crippen MR) is 54.1 cm³/mol. The second-order valence-corrected chi connectivity index (χ2v) is 2.56. The van der Waals surface area contributed by atoms with Crippen molar-refractivity contribution in [2.24, 2.45) is 0 Å². The van der Waals surface area contributed by atoms with Crippen molar-refractivity contribution < 1.29 is 19.3 Å². The van der Waals surface area contributed by atoms with Crippen LogP contribution in [0.5, 0.6) is 0 Å². The van der Waals surface area contributed by atoms with Gasteiger partial charge in [-0.3, -0.25) is 0 Å². The topological polar surface area (TPSA) is 47.9 Å². The minimum atomic E-state index is 0.0666. The summed E-state index contributed by atoms with van der Waals surface area (Å²) in [5, 5.41) is 8.40. The van der Waals surface area contributed by atoms with E-state index < -0.39 is 0 Å². The summed E-state index contributed by atoms with van der Waals surface area (Å²) in [6, 6.07) is 0. The van der Waals surface area contributed by atoms with Gasteiger partial charge in [-0.1, -0.05) is 0 Å². The smallest absolute Gasteiger partial charge is 0.0845 e. The van der Waals surface area contributed by atoms with Gasteiger partial charge in [0.05, 0.1) is 45.9 Å². The lowest BCUT2D eigenvalue weighted by Crippen LogP contribution is -2.07. The van der Waals surface area contributed by atoms with Gasteiger partial charge in [0.1, 0.15) is 0 Å². The lowest BCUT2D eigenvalue weighted by molar-refractivity contribution is 0.0344. The largest absolute Gasteiger partial charge is 0.502 e. The first-order valence-electron chi connectivity index (χ1n) is 4.94. The Kier molecular flexibility index (Phi) is 11.9. The molecular formula is C10H20O4. The molecule has 0 rings (SSSR count). The Hall–Kier alpha value is -0.580. The third-order valence-corrected chi connectivity index (χ3v) is 1.40. The number of hydrogen-bond acceptors (Lipinski definition) is 4. The Morgan fingerprint density at radius 1 is 1.07 bits per heavy atom. The summed E-state index contributed by atoms with van der Waals surface area (Å²) < 4.78 is 15.3. The number of ether oxygens (including phenoxy) is 3. The van der Waals surface area contributed by atoms with E-state index in [1.807, 2.05) is 13.0 Å². The Balaban J connectivity index is 2.91. The van der Waals surface area contributed by atoms with Gasteiger partial charge < -0.3 is 19.3 Å². The molecule has 0 radical (unpaired) electrons. The van der Waals surface area contributed by atoms with E-state index in [1.54, 1.807) is 6.26 Å². The fraction of sp³-hybridized carbons (Fsp3) is 0.800. The van der Waals surface area contributed by atoms with E-state index in [4.69, 9.17) is 19.3 Å². The second kappa shape index (κ2) is 12.4. The van der Waals surface area contributed by atoms with Crippen LogP contribution >= 0.6 is 0 Å². The third kappa shape index (κ3) is 11.4. The summed E-state index contributed by atoms with van der Waals surface area (Å²) in [5.41, 5.74) is 0. The van der Waals surface area contributed by atoms with Crippen molar-refractivity contribution in [3.05, 3.63) is 12.3 Å². The Labute approximate surface area is 85.5 Å². The average molecular weight is 204 g/mol. The first-order valence-corrected chi connectivity index (χ1v) is 4.94. The third-order valence-electron chi connectivity index (χ3n) is 1.40. The maximum Gasteiger partial charge on any atom is 0.0845 e. The van der Waals surface area contributed by atoms with Crippen molar-refractivity contribution in [3.8, 4) is 0 Å². The number of rotatable bonds is 10. The van der Waals surface area contributed by atoms with Crippen LogP contribution in [0, 0.1) is 0 Å². The highest BCUT2D eigenvalue weighted by Gasteiger charge is 1.87. The zero-order valence-corrected chi connectivity index (χ0v) is 8.78. The van der Waals surface area contributed by atoms with E-state index in [2.05, 4.69) is 0 Å². The zero-order valence-electron chi connectivity index (χ0n) is 8.78. The molecule has 0 fully saturated rings. The first-order chi connectivity index (χ1) is 6.91. The molecular weight excluding hydrogens is 184 g/mol. The van der Waals surface area contributed by atoms with Crippen LogP contribution in [-0.4, -0.2) is 44.7 Å². The molecule has 84 valence electrons. The van der Waals surface area contributed by atoms with Gasteiger partial charge in [-0.25, -0.2) is 0 Å². The van der Waals surface area contributed by atoms with Crippen LogP contribution in [0.2, 0.25) is 0 Å². The Morgan fingerprint density at radius 3 is 2.43 bits per heavy atom. The van der Waals surface area contributed by atoms with Gasteiger partial charge in [0.15, 0.2) is 0 Å². The molecule has 0 aliphatic heterocycles. The quantitative estimate of drug-likeness (QED) is 0.425. The van der Waals surface area contributed by atoms with Crippen LogP contribution in [-0.2, 0) is 14.2 Å². The molecule has 0 aromatic carbocycles. The van der Waals surface area contributed by atoms with Gasteiger partial charge in [-0.2, -0.15) is 0 Å². The van der Waals surface area contributed by atoms with Crippen LogP contribution < -0.4 is 0 Å². The maximum absolute atomic E-state index is 8.40. The molecule has 0 aliphatic rings. The summed E-state index contributed by atoms with van der Waals surface area (Å²) in [6.45, 7) is 4.88. The molecule has 0 bridgehead atoms. The molecule has 0 aromatic heterocycles. The highest BCUT2D eigenvalue weighted by molar-refractivity contribution is 4.72. The highest BCUT2D eigenvalue weighted by atomic mass is 16.5. The van der Waals surface area contributed by atoms with E-state index in [1.165, 1.54) is 0 Å². The summed E-state index contributed by atoms with van der Waals surface area (Å²) >= 11 is 0. The summed E-state index contributed by atoms with van der Waals surface area (Å²) in [6.07, 6.45) is 4.46. The normalized spacial score (nSPS) is 11.0. The summed E-state index contributed by atoms with van der Waals surface area (Å²) in [5.74, 6) is 0. The molecule has 0 atom stereocenters. The van der Waals surface area contributed by atoms with Gasteiger partial charge in [0, 0.05) is 0 Å². The monoisotopic (exact) mass is 204 g/mol. The van der Waals surface area contributed by atoms with Crippen molar-refractivity contribution in [3.63, 3.8) is 0 Å². The van der Waals surface area contributed by atoms with Gasteiger partial charge in [0.25, 0.3) is 0 Å². The second-order valence-electron chi connectivity index (χ2n) is 2.56. The van der Waals surface area contributed by atoms with Gasteiger partial charge in [-0.15, -0.1) is 0 Å². The van der Waals surface area contributed by atoms with Crippen molar-refractivity contribution >= 4 is 0 Å². The van der Waals surface area contributed by atoms with E-state index >= 15 is 0 Å². The zero-order chi connectivity index (χ0) is 10.5. The molecule has 4 nitrogen and oxygen atoms in total. The van der Waals surface area contributed by atoms with E-state index in [0.717, 1.165) is 6.42 Å². The molecule has 0 heterocycles. The van der Waals surface area contributed by atoms with Crippen LogP contribution in [0.3, 0.4) is 0 Å². The molecule has 0 spiro atoms. The average Bonchev–Trinajstić information content (AvgIpc) is 2.21. The van der Waals surface area contributed by atoms with Crippen LogP contribution in [0.4, 0.5) is 0 Å².